The van der Waals surface area contributed by atoms with Gasteiger partial charge in [-0.15, -0.1) is 0 Å². The molecule has 1 aliphatic heterocycles. The van der Waals surface area contributed by atoms with Crippen molar-refractivity contribution in [2.75, 3.05) is 13.2 Å². The number of ether oxygens (including phenoxy) is 1. The lowest BCUT2D eigenvalue weighted by molar-refractivity contribution is -0.158. The Hall–Kier alpha value is -1.56. The van der Waals surface area contributed by atoms with Crippen molar-refractivity contribution >= 4 is 20.2 Å². The van der Waals surface area contributed by atoms with Gasteiger partial charge in [-0.1, -0.05) is 20.3 Å². The van der Waals surface area contributed by atoms with Crippen LogP contribution < -0.4 is 0 Å². The summed E-state index contributed by atoms with van der Waals surface area (Å²) in [6.45, 7) is 10.8. The first-order chi connectivity index (χ1) is 9.81. The Morgan fingerprint density at radius 1 is 1.38 bits per heavy atom. The largest absolute Gasteiger partial charge is 0.545 e. The molecule has 0 aromatic heterocycles. The van der Waals surface area contributed by atoms with Gasteiger partial charge >= 0.3 is 11.9 Å². The zero-order chi connectivity index (χ0) is 16.0. The Bertz CT molecular complexity index is 457. The Labute approximate surface area is 127 Å². The van der Waals surface area contributed by atoms with E-state index in [0.717, 1.165) is 12.2 Å². The summed E-state index contributed by atoms with van der Waals surface area (Å²) in [5.41, 5.74) is 0.513. The van der Waals surface area contributed by atoms with Crippen molar-refractivity contribution in [2.24, 2.45) is 0 Å². The number of hydrogen-bond acceptors (Lipinski definition) is 4. The number of amides is 1. The molecule has 0 aromatic carbocycles. The van der Waals surface area contributed by atoms with Crippen molar-refractivity contribution in [3.05, 3.63) is 24.1 Å². The molecule has 0 radical (unpaired) electrons. The van der Waals surface area contributed by atoms with Crippen molar-refractivity contribution < 1.29 is 18.8 Å². The van der Waals surface area contributed by atoms with Crippen LogP contribution in [0.15, 0.2) is 24.1 Å². The minimum atomic E-state index is -1.86. The van der Waals surface area contributed by atoms with Crippen molar-refractivity contribution in [1.82, 2.24) is 4.90 Å². The van der Waals surface area contributed by atoms with Gasteiger partial charge in [0.2, 0.25) is 8.32 Å². The number of rotatable bonds is 5. The van der Waals surface area contributed by atoms with Crippen molar-refractivity contribution in [3.63, 3.8) is 0 Å². The maximum absolute atomic E-state index is 11.9. The average molecular weight is 311 g/mol. The van der Waals surface area contributed by atoms with E-state index >= 15 is 0 Å². The summed E-state index contributed by atoms with van der Waals surface area (Å²) in [4.78, 5) is 24.7. The quantitative estimate of drug-likeness (QED) is 0.445. The molecule has 1 unspecified atom stereocenters. The Kier molecular flexibility index (Phi) is 6.20. The standard InChI is InChI=1S/C15H25NO4Si/c1-6-12(3)21(4,5)20-13-9-8-10-16(11-13)14(17)15(18)19-7-2/h8-10,12H,6-7,11H2,1-5H3. The summed E-state index contributed by atoms with van der Waals surface area (Å²) < 4.78 is 10.9. The van der Waals surface area contributed by atoms with Gasteiger partial charge in [0.25, 0.3) is 0 Å². The van der Waals surface area contributed by atoms with Crippen LogP contribution in [0.3, 0.4) is 0 Å². The van der Waals surface area contributed by atoms with Crippen LogP contribution in [0, 0.1) is 0 Å². The SMILES string of the molecule is CCOC(=O)C(=O)N1C=CC=C(O[Si](C)(C)C(C)CC)C1. The predicted octanol–water partition coefficient (Wildman–Crippen LogP) is 2.81. The van der Waals surface area contributed by atoms with E-state index in [1.807, 2.05) is 6.08 Å². The van der Waals surface area contributed by atoms with Crippen molar-refractivity contribution in [1.29, 1.82) is 0 Å². The molecule has 0 saturated heterocycles. The number of carbonyl (C=O) groups is 2. The summed E-state index contributed by atoms with van der Waals surface area (Å²) in [5.74, 6) is -0.765. The fourth-order valence-corrected chi connectivity index (χ4v) is 3.97. The first-order valence-corrected chi connectivity index (χ1v) is 10.3. The molecule has 1 aliphatic rings. The molecular weight excluding hydrogens is 286 g/mol. The van der Waals surface area contributed by atoms with Crippen LogP contribution in [0.5, 0.6) is 0 Å². The lowest BCUT2D eigenvalue weighted by atomic mass is 10.3. The second kappa shape index (κ2) is 7.45. The van der Waals surface area contributed by atoms with Gasteiger partial charge in [-0.05, 0) is 37.7 Å². The Balaban J connectivity index is 2.69. The third-order valence-corrected chi connectivity index (χ3v) is 7.35. The second-order valence-electron chi connectivity index (χ2n) is 5.64. The lowest BCUT2D eigenvalue weighted by Crippen LogP contribution is -2.40. The molecule has 0 saturated carbocycles. The molecule has 0 fully saturated rings. The number of esters is 1. The monoisotopic (exact) mass is 311 g/mol. The topological polar surface area (TPSA) is 55.8 Å². The van der Waals surface area contributed by atoms with Gasteiger partial charge in [-0.25, -0.2) is 4.79 Å². The molecule has 0 bridgehead atoms. The smallest absolute Gasteiger partial charge is 0.397 e. The molecule has 0 spiro atoms. The van der Waals surface area contributed by atoms with Crippen LogP contribution in [0.25, 0.3) is 0 Å². The lowest BCUT2D eigenvalue weighted by Gasteiger charge is -2.33. The van der Waals surface area contributed by atoms with Gasteiger partial charge in [-0.3, -0.25) is 4.79 Å². The molecule has 5 nitrogen and oxygen atoms in total. The first kappa shape index (κ1) is 17.5. The van der Waals surface area contributed by atoms with E-state index in [-0.39, 0.29) is 13.2 Å². The van der Waals surface area contributed by atoms with Crippen molar-refractivity contribution in [3.8, 4) is 0 Å². The highest BCUT2D eigenvalue weighted by atomic mass is 28.4. The van der Waals surface area contributed by atoms with E-state index in [1.54, 1.807) is 19.2 Å². The molecule has 1 atom stereocenters. The van der Waals surface area contributed by atoms with Gasteiger partial charge in [0, 0.05) is 6.20 Å². The molecule has 6 heteroatoms. The minimum absolute atomic E-state index is 0.190. The van der Waals surface area contributed by atoms with Crippen LogP contribution in [0.1, 0.15) is 27.2 Å². The maximum atomic E-state index is 11.9. The van der Waals surface area contributed by atoms with Gasteiger partial charge in [0.15, 0.2) is 0 Å². The highest BCUT2D eigenvalue weighted by molar-refractivity contribution is 6.72. The van der Waals surface area contributed by atoms with E-state index < -0.39 is 20.2 Å². The number of nitrogens with zero attached hydrogens (tertiary/aromatic N) is 1. The molecule has 1 amide bonds. The van der Waals surface area contributed by atoms with Crippen LogP contribution in [0.4, 0.5) is 0 Å². The Morgan fingerprint density at radius 2 is 2.05 bits per heavy atom. The highest BCUT2D eigenvalue weighted by Crippen LogP contribution is 2.28. The number of allylic oxidation sites excluding steroid dienone is 2. The third kappa shape index (κ3) is 4.73. The minimum Gasteiger partial charge on any atom is -0.545 e. The maximum Gasteiger partial charge on any atom is 0.397 e. The van der Waals surface area contributed by atoms with E-state index in [2.05, 4.69) is 26.9 Å². The van der Waals surface area contributed by atoms with Gasteiger partial charge in [0.1, 0.15) is 0 Å². The summed E-state index contributed by atoms with van der Waals surface area (Å²) in [7, 11) is -1.86. The fraction of sp³-hybridized carbons (Fsp3) is 0.600. The van der Waals surface area contributed by atoms with Crippen LogP contribution >= 0.6 is 0 Å². The molecule has 0 aliphatic carbocycles. The molecular formula is C15H25NO4Si. The Morgan fingerprint density at radius 3 is 2.62 bits per heavy atom. The third-order valence-electron chi connectivity index (χ3n) is 3.78. The van der Waals surface area contributed by atoms with Gasteiger partial charge in [-0.2, -0.15) is 0 Å². The van der Waals surface area contributed by atoms with Gasteiger partial charge in [0.05, 0.1) is 18.9 Å². The average Bonchev–Trinajstić information content (AvgIpc) is 2.45. The van der Waals surface area contributed by atoms with E-state index in [9.17, 15) is 9.59 Å². The summed E-state index contributed by atoms with van der Waals surface area (Å²) in [6.07, 6.45) is 6.21. The van der Waals surface area contributed by atoms with E-state index in [0.29, 0.717) is 5.54 Å². The van der Waals surface area contributed by atoms with Crippen LogP contribution in [-0.4, -0.2) is 38.2 Å². The van der Waals surface area contributed by atoms with E-state index in [1.165, 1.54) is 4.90 Å². The van der Waals surface area contributed by atoms with Crippen molar-refractivity contribution in [2.45, 2.75) is 45.8 Å². The summed E-state index contributed by atoms with van der Waals surface area (Å²) >= 11 is 0. The fourth-order valence-electron chi connectivity index (χ4n) is 1.97. The summed E-state index contributed by atoms with van der Waals surface area (Å²) in [5, 5.41) is 0. The second-order valence-corrected chi connectivity index (χ2v) is 10.0. The zero-order valence-corrected chi connectivity index (χ0v) is 14.5. The number of hydrogen-bond donors (Lipinski definition) is 0. The molecule has 1 rings (SSSR count). The highest BCUT2D eigenvalue weighted by Gasteiger charge is 2.33. The first-order valence-electron chi connectivity index (χ1n) is 7.35. The normalized spacial score (nSPS) is 16.2. The number of carbonyl (C=O) groups excluding carboxylic acids is 2. The molecule has 21 heavy (non-hydrogen) atoms. The van der Waals surface area contributed by atoms with Crippen LogP contribution in [-0.2, 0) is 18.8 Å². The molecule has 1 heterocycles. The van der Waals surface area contributed by atoms with Crippen LogP contribution in [0.2, 0.25) is 18.6 Å². The molecule has 118 valence electrons. The molecule has 0 N–H and O–H groups in total. The molecule has 0 aromatic rings. The summed E-state index contributed by atoms with van der Waals surface area (Å²) in [6, 6.07) is 0. The zero-order valence-electron chi connectivity index (χ0n) is 13.5. The van der Waals surface area contributed by atoms with E-state index in [4.69, 9.17) is 9.16 Å². The van der Waals surface area contributed by atoms with Gasteiger partial charge < -0.3 is 14.1 Å². The predicted molar refractivity (Wildman–Crippen MR) is 83.9 cm³/mol.